The fourth-order valence-electron chi connectivity index (χ4n) is 5.11. The van der Waals surface area contributed by atoms with Crippen molar-refractivity contribution in [3.8, 4) is 0 Å². The van der Waals surface area contributed by atoms with Crippen molar-refractivity contribution in [2.24, 2.45) is 23.7 Å². The van der Waals surface area contributed by atoms with Crippen molar-refractivity contribution < 1.29 is 38.4 Å². The molecule has 3 aliphatic rings. The molecule has 1 saturated carbocycles. The van der Waals surface area contributed by atoms with E-state index in [1.54, 1.807) is 0 Å². The summed E-state index contributed by atoms with van der Waals surface area (Å²) in [5.74, 6) is -1.68. The van der Waals surface area contributed by atoms with E-state index < -0.39 is 36.1 Å². The molecule has 2 heterocycles. The number of carbonyl (C=O) groups excluding carboxylic acids is 2. The summed E-state index contributed by atoms with van der Waals surface area (Å²) in [6, 6.07) is 0. The van der Waals surface area contributed by atoms with Crippen LogP contribution in [0.25, 0.3) is 0 Å². The third kappa shape index (κ3) is 3.69. The smallest absolute Gasteiger partial charge is 0.308 e. The predicted octanol–water partition coefficient (Wildman–Crippen LogP) is 2.10. The Morgan fingerprint density at radius 2 is 1.81 bits per heavy atom. The lowest BCUT2D eigenvalue weighted by atomic mass is 9.59. The van der Waals surface area contributed by atoms with Crippen molar-refractivity contribution in [3.05, 3.63) is 0 Å². The van der Waals surface area contributed by atoms with E-state index >= 15 is 0 Å². The Labute approximate surface area is 158 Å². The maximum Gasteiger partial charge on any atom is 0.308 e. The minimum absolute atomic E-state index is 0.0246. The van der Waals surface area contributed by atoms with Crippen molar-refractivity contribution in [2.75, 3.05) is 6.61 Å². The third-order valence-electron chi connectivity index (χ3n) is 6.31. The number of hydrogen-bond donors (Lipinski definition) is 1. The van der Waals surface area contributed by atoms with Crippen molar-refractivity contribution in [1.82, 2.24) is 0 Å². The van der Waals surface area contributed by atoms with Gasteiger partial charge in [-0.1, -0.05) is 13.8 Å². The number of rotatable bonds is 5. The largest absolute Gasteiger partial charge is 0.481 e. The second-order valence-electron chi connectivity index (χ2n) is 7.95. The summed E-state index contributed by atoms with van der Waals surface area (Å²) in [7, 11) is 0. The Kier molecular flexibility index (Phi) is 5.76. The van der Waals surface area contributed by atoms with Gasteiger partial charge >= 0.3 is 17.9 Å². The molecular formula is C19H28O8. The Morgan fingerprint density at radius 3 is 2.48 bits per heavy atom. The van der Waals surface area contributed by atoms with Crippen LogP contribution in [-0.4, -0.2) is 47.8 Å². The molecule has 8 nitrogen and oxygen atoms in total. The molecule has 7 atom stereocenters. The molecule has 0 unspecified atom stereocenters. The molecule has 0 bridgehead atoms. The lowest BCUT2D eigenvalue weighted by Gasteiger charge is -2.56. The number of carbonyl (C=O) groups is 3. The van der Waals surface area contributed by atoms with Crippen molar-refractivity contribution in [2.45, 2.75) is 71.1 Å². The first-order chi connectivity index (χ1) is 12.8. The van der Waals surface area contributed by atoms with Gasteiger partial charge in [-0.3, -0.25) is 19.1 Å². The Hall–Kier alpha value is -1.67. The summed E-state index contributed by atoms with van der Waals surface area (Å²) in [6.45, 7) is 6.03. The second-order valence-corrected chi connectivity index (χ2v) is 7.95. The topological polar surface area (TPSA) is 108 Å². The van der Waals surface area contributed by atoms with Gasteiger partial charge in [-0.15, -0.1) is 0 Å². The van der Waals surface area contributed by atoms with Gasteiger partial charge in [0.05, 0.1) is 12.8 Å². The maximum atomic E-state index is 12.0. The van der Waals surface area contributed by atoms with Gasteiger partial charge in [0.2, 0.25) is 12.6 Å². The first-order valence-electron chi connectivity index (χ1n) is 9.63. The summed E-state index contributed by atoms with van der Waals surface area (Å²) in [5, 5.41) is 8.73. The second kappa shape index (κ2) is 7.75. The van der Waals surface area contributed by atoms with E-state index in [0.29, 0.717) is 12.5 Å². The molecule has 1 spiro atoms. The average molecular weight is 384 g/mol. The summed E-state index contributed by atoms with van der Waals surface area (Å²) in [6.07, 6.45) is 0.401. The lowest BCUT2D eigenvalue weighted by molar-refractivity contribution is -0.361. The number of ether oxygens (including phenoxy) is 4. The van der Waals surface area contributed by atoms with Crippen molar-refractivity contribution >= 4 is 17.9 Å². The Morgan fingerprint density at radius 1 is 1.07 bits per heavy atom. The zero-order chi connectivity index (χ0) is 19.8. The van der Waals surface area contributed by atoms with Crippen molar-refractivity contribution in [3.63, 3.8) is 0 Å². The first kappa shape index (κ1) is 20.1. The molecule has 3 fully saturated rings. The highest BCUT2D eigenvalue weighted by Crippen LogP contribution is 2.57. The van der Waals surface area contributed by atoms with Crippen LogP contribution in [0, 0.1) is 23.7 Å². The summed E-state index contributed by atoms with van der Waals surface area (Å²) in [5.41, 5.74) is -0.716. The molecule has 0 aromatic carbocycles. The van der Waals surface area contributed by atoms with Gasteiger partial charge in [-0.2, -0.15) is 0 Å². The van der Waals surface area contributed by atoms with E-state index in [4.69, 9.17) is 24.1 Å². The number of esters is 2. The minimum atomic E-state index is -1.07. The number of carboxylic acid groups (broad SMARTS) is 1. The van der Waals surface area contributed by atoms with Crippen molar-refractivity contribution in [1.29, 1.82) is 0 Å². The molecule has 1 N–H and O–H groups in total. The molecule has 152 valence electrons. The van der Waals surface area contributed by atoms with Crippen LogP contribution in [0.1, 0.15) is 52.9 Å². The lowest BCUT2D eigenvalue weighted by Crippen LogP contribution is -2.66. The van der Waals surface area contributed by atoms with Gasteiger partial charge in [0.15, 0.2) is 0 Å². The van der Waals surface area contributed by atoms with Gasteiger partial charge in [0.1, 0.15) is 5.60 Å². The van der Waals surface area contributed by atoms with Crippen LogP contribution in [0.5, 0.6) is 0 Å². The molecular weight excluding hydrogens is 356 g/mol. The molecule has 0 aromatic rings. The van der Waals surface area contributed by atoms with Crippen LogP contribution in [0.4, 0.5) is 0 Å². The monoisotopic (exact) mass is 384 g/mol. The van der Waals surface area contributed by atoms with Crippen LogP contribution in [0.15, 0.2) is 0 Å². The zero-order valence-electron chi connectivity index (χ0n) is 16.0. The van der Waals surface area contributed by atoms with Gasteiger partial charge in [0, 0.05) is 25.4 Å². The van der Waals surface area contributed by atoms with E-state index in [9.17, 15) is 14.4 Å². The van der Waals surface area contributed by atoms with Gasteiger partial charge < -0.3 is 19.3 Å². The van der Waals surface area contributed by atoms with Crippen LogP contribution < -0.4 is 0 Å². The molecule has 0 aromatic heterocycles. The number of hydrogen-bond acceptors (Lipinski definition) is 7. The van der Waals surface area contributed by atoms with E-state index in [0.717, 1.165) is 19.3 Å². The fourth-order valence-corrected chi connectivity index (χ4v) is 5.11. The minimum Gasteiger partial charge on any atom is -0.481 e. The number of aliphatic carboxylic acids is 1. The van der Waals surface area contributed by atoms with Gasteiger partial charge in [-0.25, -0.2) is 0 Å². The van der Waals surface area contributed by atoms with Crippen LogP contribution >= 0.6 is 0 Å². The Balaban J connectivity index is 1.82. The molecule has 1 aliphatic carbocycles. The summed E-state index contributed by atoms with van der Waals surface area (Å²) < 4.78 is 23.1. The normalized spacial score (nSPS) is 40.6. The average Bonchev–Trinajstić information content (AvgIpc) is 3.03. The number of carboxylic acids is 1. The predicted molar refractivity (Wildman–Crippen MR) is 91.2 cm³/mol. The molecule has 2 saturated heterocycles. The standard InChI is InChI=1S/C19H28O8/c1-10-4-5-14-11(2)17(26-16(23)7-6-15(21)22)27-18(25-12(3)20)19(14)13(10)8-9-24-19/h10-11,13-14,17-18H,4-9H2,1-3H3,(H,21,22)/t10-,11-,13+,14+,17-,18+,19-/m1/s1. The highest BCUT2D eigenvalue weighted by atomic mass is 16.8. The molecule has 27 heavy (non-hydrogen) atoms. The first-order valence-corrected chi connectivity index (χ1v) is 9.63. The third-order valence-corrected chi connectivity index (χ3v) is 6.31. The summed E-state index contributed by atoms with van der Waals surface area (Å²) >= 11 is 0. The van der Waals surface area contributed by atoms with Crippen LogP contribution in [0.3, 0.4) is 0 Å². The molecule has 3 rings (SSSR count). The van der Waals surface area contributed by atoms with Gasteiger partial charge in [0.25, 0.3) is 0 Å². The SMILES string of the molecule is CC(=O)O[C@H]1O[C@@H](OC(=O)CCC(=O)O)[C@H](C)[C@@H]2CC[C@@H](C)[C@@H]3CCO[C@@]123. The molecule has 0 amide bonds. The van der Waals surface area contributed by atoms with Gasteiger partial charge in [-0.05, 0) is 31.1 Å². The zero-order valence-corrected chi connectivity index (χ0v) is 16.0. The maximum absolute atomic E-state index is 12.0. The van der Waals surface area contributed by atoms with E-state index in [1.165, 1.54) is 6.92 Å². The van der Waals surface area contributed by atoms with Crippen LogP contribution in [-0.2, 0) is 33.3 Å². The highest BCUT2D eigenvalue weighted by Gasteiger charge is 2.66. The van der Waals surface area contributed by atoms with E-state index in [2.05, 4.69) is 6.92 Å². The molecule has 8 heteroatoms. The fraction of sp³-hybridized carbons (Fsp3) is 0.842. The van der Waals surface area contributed by atoms with E-state index in [-0.39, 0.29) is 30.6 Å². The van der Waals surface area contributed by atoms with Crippen LogP contribution in [0.2, 0.25) is 0 Å². The molecule has 0 radical (unpaired) electrons. The summed E-state index contributed by atoms with van der Waals surface area (Å²) in [4.78, 5) is 34.4. The Bertz CT molecular complexity index is 605. The molecule has 2 aliphatic heterocycles. The highest BCUT2D eigenvalue weighted by molar-refractivity contribution is 5.76. The van der Waals surface area contributed by atoms with E-state index in [1.807, 2.05) is 6.92 Å². The quantitative estimate of drug-likeness (QED) is 0.718.